The highest BCUT2D eigenvalue weighted by molar-refractivity contribution is 7.89. The lowest BCUT2D eigenvalue weighted by atomic mass is 10.2. The molecule has 1 saturated heterocycles. The van der Waals surface area contributed by atoms with Crippen LogP contribution in [0.5, 0.6) is 0 Å². The van der Waals surface area contributed by atoms with Crippen LogP contribution in [-0.4, -0.2) is 50.2 Å². The normalized spacial score (nSPS) is 15.6. The number of ether oxygens (including phenoxy) is 1. The van der Waals surface area contributed by atoms with E-state index >= 15 is 0 Å². The minimum Gasteiger partial charge on any atom is -0.379 e. The summed E-state index contributed by atoms with van der Waals surface area (Å²) in [6.45, 7) is 0.924. The molecular formula is C17H17FN4O5S. The number of sulfonamides is 1. The Kier molecular flexibility index (Phi) is 5.97. The predicted octanol–water partition coefficient (Wildman–Crippen LogP) is 2.20. The van der Waals surface area contributed by atoms with Crippen LogP contribution in [0.3, 0.4) is 0 Å². The van der Waals surface area contributed by atoms with E-state index in [0.29, 0.717) is 5.56 Å². The molecule has 0 spiro atoms. The maximum atomic E-state index is 13.2. The summed E-state index contributed by atoms with van der Waals surface area (Å²) >= 11 is 0. The van der Waals surface area contributed by atoms with Gasteiger partial charge in [-0.05, 0) is 29.8 Å². The Bertz CT molecular complexity index is 1010. The number of halogens is 1. The summed E-state index contributed by atoms with van der Waals surface area (Å²) in [5, 5.41) is 15.2. The lowest BCUT2D eigenvalue weighted by Gasteiger charge is -2.26. The van der Waals surface area contributed by atoms with Crippen molar-refractivity contribution in [3.8, 4) is 0 Å². The second kappa shape index (κ2) is 8.42. The topological polar surface area (TPSA) is 114 Å². The monoisotopic (exact) mass is 408 g/mol. The SMILES string of the molecule is O=[N+]([O-])c1cc(S(=O)(=O)N2CCOCC2)ccc1NN=Cc1cccc(F)c1. The van der Waals surface area contributed by atoms with Gasteiger partial charge in [-0.15, -0.1) is 0 Å². The minimum absolute atomic E-state index is 0.0126. The van der Waals surface area contributed by atoms with Crippen molar-refractivity contribution in [3.05, 3.63) is 64.0 Å². The first-order valence-electron chi connectivity index (χ1n) is 8.29. The van der Waals surface area contributed by atoms with Gasteiger partial charge in [-0.2, -0.15) is 9.41 Å². The number of hydrazone groups is 1. The lowest BCUT2D eigenvalue weighted by Crippen LogP contribution is -2.40. The molecule has 1 heterocycles. The van der Waals surface area contributed by atoms with Gasteiger partial charge in [0.15, 0.2) is 0 Å². The third kappa shape index (κ3) is 4.50. The molecule has 148 valence electrons. The van der Waals surface area contributed by atoms with Gasteiger partial charge in [-0.25, -0.2) is 12.8 Å². The van der Waals surface area contributed by atoms with E-state index in [-0.39, 0.29) is 36.9 Å². The van der Waals surface area contributed by atoms with E-state index < -0.39 is 26.5 Å². The quantitative estimate of drug-likeness (QED) is 0.445. The van der Waals surface area contributed by atoms with Crippen molar-refractivity contribution >= 4 is 27.6 Å². The van der Waals surface area contributed by atoms with Crippen LogP contribution in [-0.2, 0) is 14.8 Å². The molecule has 0 bridgehead atoms. The van der Waals surface area contributed by atoms with E-state index in [2.05, 4.69) is 10.5 Å². The second-order valence-electron chi connectivity index (χ2n) is 5.88. The minimum atomic E-state index is -3.86. The van der Waals surface area contributed by atoms with Crippen molar-refractivity contribution < 1.29 is 22.5 Å². The van der Waals surface area contributed by atoms with Crippen molar-refractivity contribution in [1.82, 2.24) is 4.31 Å². The molecule has 3 rings (SSSR count). The first-order valence-corrected chi connectivity index (χ1v) is 9.73. The maximum Gasteiger partial charge on any atom is 0.295 e. The number of rotatable bonds is 6. The molecule has 0 aliphatic carbocycles. The average Bonchev–Trinajstić information content (AvgIpc) is 2.68. The van der Waals surface area contributed by atoms with Crippen LogP contribution in [0.1, 0.15) is 5.56 Å². The number of hydrogen-bond acceptors (Lipinski definition) is 7. The summed E-state index contributed by atoms with van der Waals surface area (Å²) in [6, 6.07) is 9.18. The summed E-state index contributed by atoms with van der Waals surface area (Å²) in [7, 11) is -3.86. The van der Waals surface area contributed by atoms with Crippen molar-refractivity contribution in [2.75, 3.05) is 31.7 Å². The Morgan fingerprint density at radius 2 is 1.96 bits per heavy atom. The predicted molar refractivity (Wildman–Crippen MR) is 100 cm³/mol. The molecule has 11 heteroatoms. The summed E-state index contributed by atoms with van der Waals surface area (Å²) in [5.74, 6) is -0.437. The lowest BCUT2D eigenvalue weighted by molar-refractivity contribution is -0.384. The van der Waals surface area contributed by atoms with Gasteiger partial charge in [0.1, 0.15) is 11.5 Å². The first-order chi connectivity index (χ1) is 13.4. The molecule has 2 aromatic rings. The van der Waals surface area contributed by atoms with Crippen LogP contribution in [0, 0.1) is 15.9 Å². The number of nitro groups is 1. The number of morpholine rings is 1. The van der Waals surface area contributed by atoms with Gasteiger partial charge in [0.2, 0.25) is 10.0 Å². The molecule has 1 aliphatic rings. The van der Waals surface area contributed by atoms with Gasteiger partial charge in [-0.3, -0.25) is 15.5 Å². The first kappa shape index (κ1) is 19.9. The molecule has 0 atom stereocenters. The van der Waals surface area contributed by atoms with Crippen LogP contribution in [0.25, 0.3) is 0 Å². The zero-order valence-electron chi connectivity index (χ0n) is 14.6. The van der Waals surface area contributed by atoms with E-state index in [1.807, 2.05) is 0 Å². The third-order valence-corrected chi connectivity index (χ3v) is 5.92. The number of nitrogens with zero attached hydrogens (tertiary/aromatic N) is 3. The molecule has 1 N–H and O–H groups in total. The Balaban J connectivity index is 1.84. The van der Waals surface area contributed by atoms with Crippen LogP contribution in [0.4, 0.5) is 15.8 Å². The number of benzene rings is 2. The molecule has 9 nitrogen and oxygen atoms in total. The molecule has 0 saturated carbocycles. The van der Waals surface area contributed by atoms with E-state index in [1.165, 1.54) is 40.9 Å². The smallest absolute Gasteiger partial charge is 0.295 e. The Labute approximate surface area is 160 Å². The molecule has 1 fully saturated rings. The van der Waals surface area contributed by atoms with Gasteiger partial charge in [0.05, 0.1) is 29.2 Å². The Morgan fingerprint density at radius 3 is 2.64 bits per heavy atom. The average molecular weight is 408 g/mol. The fourth-order valence-corrected chi connectivity index (χ4v) is 4.05. The van der Waals surface area contributed by atoms with Crippen LogP contribution >= 0.6 is 0 Å². The van der Waals surface area contributed by atoms with Gasteiger partial charge in [-0.1, -0.05) is 12.1 Å². The molecule has 28 heavy (non-hydrogen) atoms. The molecule has 1 aliphatic heterocycles. The zero-order chi connectivity index (χ0) is 20.1. The third-order valence-electron chi connectivity index (χ3n) is 4.02. The highest BCUT2D eigenvalue weighted by Gasteiger charge is 2.28. The van der Waals surface area contributed by atoms with Gasteiger partial charge in [0, 0.05) is 19.2 Å². The highest BCUT2D eigenvalue weighted by atomic mass is 32.2. The molecule has 2 aromatic carbocycles. The summed E-state index contributed by atoms with van der Waals surface area (Å²) in [5.41, 5.74) is 2.53. The summed E-state index contributed by atoms with van der Waals surface area (Å²) < 4.78 is 44.9. The molecule has 0 amide bonds. The Morgan fingerprint density at radius 1 is 1.21 bits per heavy atom. The highest BCUT2D eigenvalue weighted by Crippen LogP contribution is 2.29. The van der Waals surface area contributed by atoms with Crippen molar-refractivity contribution in [3.63, 3.8) is 0 Å². The van der Waals surface area contributed by atoms with Crippen LogP contribution in [0.15, 0.2) is 52.5 Å². The second-order valence-corrected chi connectivity index (χ2v) is 7.82. The summed E-state index contributed by atoms with van der Waals surface area (Å²) in [4.78, 5) is 10.5. The van der Waals surface area contributed by atoms with Crippen LogP contribution in [0.2, 0.25) is 0 Å². The van der Waals surface area contributed by atoms with Gasteiger partial charge >= 0.3 is 0 Å². The largest absolute Gasteiger partial charge is 0.379 e. The molecule has 0 unspecified atom stereocenters. The Hall–Kier alpha value is -2.89. The van der Waals surface area contributed by atoms with E-state index in [9.17, 15) is 22.9 Å². The maximum absolute atomic E-state index is 13.2. The van der Waals surface area contributed by atoms with Crippen molar-refractivity contribution in [2.45, 2.75) is 4.90 Å². The van der Waals surface area contributed by atoms with Crippen LogP contribution < -0.4 is 5.43 Å². The van der Waals surface area contributed by atoms with E-state index in [0.717, 1.165) is 6.07 Å². The fraction of sp³-hybridized carbons (Fsp3) is 0.235. The zero-order valence-corrected chi connectivity index (χ0v) is 15.4. The number of hydrogen-bond donors (Lipinski definition) is 1. The fourth-order valence-electron chi connectivity index (χ4n) is 2.62. The molecular weight excluding hydrogens is 391 g/mol. The number of anilines is 1. The molecule has 0 radical (unpaired) electrons. The van der Waals surface area contributed by atoms with Gasteiger partial charge in [0.25, 0.3) is 5.69 Å². The van der Waals surface area contributed by atoms with Gasteiger partial charge < -0.3 is 4.74 Å². The van der Waals surface area contributed by atoms with E-state index in [4.69, 9.17) is 4.74 Å². The summed E-state index contributed by atoms with van der Waals surface area (Å²) in [6.07, 6.45) is 1.30. The van der Waals surface area contributed by atoms with Crippen molar-refractivity contribution in [2.24, 2.45) is 5.10 Å². The number of nitro benzene ring substituents is 1. The number of nitrogens with one attached hydrogen (secondary N) is 1. The van der Waals surface area contributed by atoms with Crippen molar-refractivity contribution in [1.29, 1.82) is 0 Å². The van der Waals surface area contributed by atoms with E-state index in [1.54, 1.807) is 6.07 Å². The molecule has 0 aromatic heterocycles. The standard InChI is InChI=1S/C17H17FN4O5S/c18-14-3-1-2-13(10-14)12-19-20-16-5-4-15(11-17(16)22(23)24)28(25,26)21-6-8-27-9-7-21/h1-5,10-12,20H,6-9H2.